The lowest BCUT2D eigenvalue weighted by Gasteiger charge is -2.31. The molecule has 1 N–H and O–H groups in total. The summed E-state index contributed by atoms with van der Waals surface area (Å²) >= 11 is 5.97. The second-order valence-corrected chi connectivity index (χ2v) is 7.76. The summed E-state index contributed by atoms with van der Waals surface area (Å²) < 4.78 is 0. The Morgan fingerprint density at radius 3 is 2.19 bits per heavy atom. The molecule has 0 atom stereocenters. The first-order chi connectivity index (χ1) is 12.5. The SMILES string of the molecule is CCCN(CCC)C(=O)C1CCC(C(=O)Nc2ccc(Cl)cc2C)CC1. The number of halogens is 1. The lowest BCUT2D eigenvalue weighted by Crippen LogP contribution is -2.39. The normalized spacial score (nSPS) is 19.8. The fourth-order valence-electron chi connectivity index (χ4n) is 3.73. The average molecular weight is 379 g/mol. The number of carbonyl (C=O) groups excluding carboxylic acids is 2. The predicted molar refractivity (Wildman–Crippen MR) is 107 cm³/mol. The molecule has 0 saturated heterocycles. The Kier molecular flexibility index (Phi) is 7.95. The first kappa shape index (κ1) is 20.8. The van der Waals surface area contributed by atoms with Crippen LogP contribution in [0, 0.1) is 18.8 Å². The third-order valence-electron chi connectivity index (χ3n) is 5.19. The van der Waals surface area contributed by atoms with Gasteiger partial charge >= 0.3 is 0 Å². The number of anilines is 1. The van der Waals surface area contributed by atoms with Crippen molar-refractivity contribution in [3.8, 4) is 0 Å². The van der Waals surface area contributed by atoms with Crippen molar-refractivity contribution < 1.29 is 9.59 Å². The van der Waals surface area contributed by atoms with Gasteiger partial charge in [0, 0.05) is 35.6 Å². The van der Waals surface area contributed by atoms with E-state index in [4.69, 9.17) is 11.6 Å². The summed E-state index contributed by atoms with van der Waals surface area (Å²) in [6, 6.07) is 5.48. The van der Waals surface area contributed by atoms with Crippen LogP contribution >= 0.6 is 11.6 Å². The van der Waals surface area contributed by atoms with Crippen LogP contribution in [0.1, 0.15) is 57.9 Å². The molecule has 0 unspecified atom stereocenters. The van der Waals surface area contributed by atoms with Crippen molar-refractivity contribution in [2.75, 3.05) is 18.4 Å². The van der Waals surface area contributed by atoms with E-state index in [9.17, 15) is 9.59 Å². The van der Waals surface area contributed by atoms with E-state index in [0.29, 0.717) is 5.02 Å². The van der Waals surface area contributed by atoms with Gasteiger partial charge in [-0.05, 0) is 69.2 Å². The maximum Gasteiger partial charge on any atom is 0.227 e. The lowest BCUT2D eigenvalue weighted by molar-refractivity contribution is -0.138. The average Bonchev–Trinajstić information content (AvgIpc) is 2.63. The van der Waals surface area contributed by atoms with Crippen molar-refractivity contribution in [2.45, 2.75) is 59.3 Å². The third kappa shape index (κ3) is 5.47. The molecule has 0 aromatic heterocycles. The van der Waals surface area contributed by atoms with Gasteiger partial charge in [0.05, 0.1) is 0 Å². The van der Waals surface area contributed by atoms with Gasteiger partial charge in [-0.1, -0.05) is 25.4 Å². The second-order valence-electron chi connectivity index (χ2n) is 7.32. The van der Waals surface area contributed by atoms with Crippen LogP contribution in [0.15, 0.2) is 18.2 Å². The number of nitrogens with zero attached hydrogens (tertiary/aromatic N) is 1. The number of carbonyl (C=O) groups is 2. The van der Waals surface area contributed by atoms with Crippen LogP contribution in [0.4, 0.5) is 5.69 Å². The molecule has 26 heavy (non-hydrogen) atoms. The molecule has 5 heteroatoms. The van der Waals surface area contributed by atoms with Crippen LogP contribution < -0.4 is 5.32 Å². The van der Waals surface area contributed by atoms with E-state index in [1.807, 2.05) is 24.0 Å². The van der Waals surface area contributed by atoms with E-state index in [1.165, 1.54) is 0 Å². The van der Waals surface area contributed by atoms with Gasteiger partial charge in [0.15, 0.2) is 0 Å². The number of amides is 2. The van der Waals surface area contributed by atoms with Crippen molar-refractivity contribution in [3.63, 3.8) is 0 Å². The summed E-state index contributed by atoms with van der Waals surface area (Å²) in [5.74, 6) is 0.399. The zero-order chi connectivity index (χ0) is 19.1. The molecule has 1 aliphatic carbocycles. The molecule has 1 fully saturated rings. The van der Waals surface area contributed by atoms with E-state index in [-0.39, 0.29) is 23.7 Å². The van der Waals surface area contributed by atoms with E-state index in [1.54, 1.807) is 6.07 Å². The van der Waals surface area contributed by atoms with Crippen molar-refractivity contribution in [2.24, 2.45) is 11.8 Å². The first-order valence-electron chi connectivity index (χ1n) is 9.82. The molecule has 0 bridgehead atoms. The molecule has 144 valence electrons. The standard InChI is InChI=1S/C21H31ClN2O2/c1-4-12-24(13-5-2)21(26)17-8-6-16(7-9-17)20(25)23-19-11-10-18(22)14-15(19)3/h10-11,14,16-17H,4-9,12-13H2,1-3H3,(H,23,25). The molecule has 1 saturated carbocycles. The summed E-state index contributed by atoms with van der Waals surface area (Å²) in [5.41, 5.74) is 1.78. The summed E-state index contributed by atoms with van der Waals surface area (Å²) in [4.78, 5) is 27.3. The van der Waals surface area contributed by atoms with Gasteiger partial charge in [-0.2, -0.15) is 0 Å². The summed E-state index contributed by atoms with van der Waals surface area (Å²) in [7, 11) is 0. The molecule has 1 aromatic carbocycles. The minimum Gasteiger partial charge on any atom is -0.342 e. The number of benzene rings is 1. The number of hydrogen-bond donors (Lipinski definition) is 1. The van der Waals surface area contributed by atoms with Crippen LogP contribution in [-0.4, -0.2) is 29.8 Å². The zero-order valence-corrected chi connectivity index (χ0v) is 16.9. The maximum absolute atomic E-state index is 12.7. The zero-order valence-electron chi connectivity index (χ0n) is 16.2. The summed E-state index contributed by atoms with van der Waals surface area (Å²) in [6.45, 7) is 7.82. The topological polar surface area (TPSA) is 49.4 Å². The highest BCUT2D eigenvalue weighted by Gasteiger charge is 2.31. The Balaban J connectivity index is 1.88. The van der Waals surface area contributed by atoms with Gasteiger partial charge in [-0.15, -0.1) is 0 Å². The highest BCUT2D eigenvalue weighted by molar-refractivity contribution is 6.30. The number of nitrogens with one attached hydrogen (secondary N) is 1. The largest absolute Gasteiger partial charge is 0.342 e. The highest BCUT2D eigenvalue weighted by Crippen LogP contribution is 2.31. The Bertz CT molecular complexity index is 618. The van der Waals surface area contributed by atoms with Gasteiger partial charge < -0.3 is 10.2 Å². The summed E-state index contributed by atoms with van der Waals surface area (Å²) in [5, 5.41) is 3.69. The van der Waals surface area contributed by atoms with Gasteiger partial charge in [-0.3, -0.25) is 9.59 Å². The molecule has 0 radical (unpaired) electrons. The molecular formula is C21H31ClN2O2. The van der Waals surface area contributed by atoms with Crippen molar-refractivity contribution in [1.29, 1.82) is 0 Å². The first-order valence-corrected chi connectivity index (χ1v) is 10.2. The molecule has 2 amide bonds. The number of hydrogen-bond acceptors (Lipinski definition) is 2. The third-order valence-corrected chi connectivity index (χ3v) is 5.43. The maximum atomic E-state index is 12.7. The van der Waals surface area contributed by atoms with Crippen molar-refractivity contribution >= 4 is 29.1 Å². The Labute approximate surface area is 162 Å². The number of aryl methyl sites for hydroxylation is 1. The molecule has 0 aliphatic heterocycles. The van der Waals surface area contributed by atoms with Crippen LogP contribution in [0.25, 0.3) is 0 Å². The summed E-state index contributed by atoms with van der Waals surface area (Å²) in [6.07, 6.45) is 5.15. The minimum atomic E-state index is -0.0140. The van der Waals surface area contributed by atoms with Crippen LogP contribution in [0.3, 0.4) is 0 Å². The monoisotopic (exact) mass is 378 g/mol. The van der Waals surface area contributed by atoms with Crippen molar-refractivity contribution in [1.82, 2.24) is 4.90 Å². The molecular weight excluding hydrogens is 348 g/mol. The quantitative estimate of drug-likeness (QED) is 0.722. The van der Waals surface area contributed by atoms with E-state index >= 15 is 0 Å². The van der Waals surface area contributed by atoms with Crippen molar-refractivity contribution in [3.05, 3.63) is 28.8 Å². The van der Waals surface area contributed by atoms with Crippen LogP contribution in [0.5, 0.6) is 0 Å². The Morgan fingerprint density at radius 2 is 1.65 bits per heavy atom. The second kappa shape index (κ2) is 9.96. The Hall–Kier alpha value is -1.55. The van der Waals surface area contributed by atoms with Crippen LogP contribution in [-0.2, 0) is 9.59 Å². The molecule has 1 aromatic rings. The molecule has 4 nitrogen and oxygen atoms in total. The number of rotatable bonds is 7. The van der Waals surface area contributed by atoms with E-state index in [0.717, 1.165) is 62.9 Å². The molecule has 0 spiro atoms. The fourth-order valence-corrected chi connectivity index (χ4v) is 3.96. The smallest absolute Gasteiger partial charge is 0.227 e. The van der Waals surface area contributed by atoms with Crippen LogP contribution in [0.2, 0.25) is 5.02 Å². The van der Waals surface area contributed by atoms with Gasteiger partial charge in [0.25, 0.3) is 0 Å². The Morgan fingerprint density at radius 1 is 1.08 bits per heavy atom. The molecule has 0 heterocycles. The van der Waals surface area contributed by atoms with Gasteiger partial charge in [0.1, 0.15) is 0 Å². The van der Waals surface area contributed by atoms with Gasteiger partial charge in [-0.25, -0.2) is 0 Å². The highest BCUT2D eigenvalue weighted by atomic mass is 35.5. The minimum absolute atomic E-state index is 0.0140. The van der Waals surface area contributed by atoms with E-state index < -0.39 is 0 Å². The van der Waals surface area contributed by atoms with Gasteiger partial charge in [0.2, 0.25) is 11.8 Å². The molecule has 1 aliphatic rings. The fraction of sp³-hybridized carbons (Fsp3) is 0.619. The molecule has 2 rings (SSSR count). The predicted octanol–water partition coefficient (Wildman–Crippen LogP) is 5.04. The lowest BCUT2D eigenvalue weighted by atomic mass is 9.80. The van der Waals surface area contributed by atoms with E-state index in [2.05, 4.69) is 19.2 Å².